The fourth-order valence-corrected chi connectivity index (χ4v) is 3.16. The molecule has 0 radical (unpaired) electrons. The lowest BCUT2D eigenvalue weighted by Crippen LogP contribution is -2.50. The Morgan fingerprint density at radius 2 is 2.32 bits per heavy atom. The number of aryl methyl sites for hydroxylation is 1. The molecule has 1 saturated heterocycles. The molecular formula is C14H23N3O2. The van der Waals surface area contributed by atoms with Crippen LogP contribution in [0.2, 0.25) is 0 Å². The molecule has 0 amide bonds. The van der Waals surface area contributed by atoms with Crippen LogP contribution < -0.4 is 0 Å². The van der Waals surface area contributed by atoms with Gasteiger partial charge >= 0.3 is 5.97 Å². The van der Waals surface area contributed by atoms with E-state index in [0.29, 0.717) is 6.54 Å². The summed E-state index contributed by atoms with van der Waals surface area (Å²) in [6, 6.07) is 0. The van der Waals surface area contributed by atoms with E-state index in [-0.39, 0.29) is 0 Å². The molecule has 1 aliphatic rings. The van der Waals surface area contributed by atoms with Gasteiger partial charge in [-0.3, -0.25) is 9.69 Å². The number of nitrogens with zero attached hydrogens (tertiary/aromatic N) is 3. The smallest absolute Gasteiger partial charge is 0.324 e. The van der Waals surface area contributed by atoms with E-state index in [1.165, 1.54) is 0 Å². The van der Waals surface area contributed by atoms with Gasteiger partial charge in [0.15, 0.2) is 0 Å². The van der Waals surface area contributed by atoms with Crippen molar-refractivity contribution in [2.45, 2.75) is 58.2 Å². The third-order valence-corrected chi connectivity index (χ3v) is 4.16. The van der Waals surface area contributed by atoms with Gasteiger partial charge in [-0.25, -0.2) is 4.98 Å². The van der Waals surface area contributed by atoms with Crippen LogP contribution in [0.15, 0.2) is 12.4 Å². The van der Waals surface area contributed by atoms with Gasteiger partial charge < -0.3 is 9.67 Å². The van der Waals surface area contributed by atoms with Crippen molar-refractivity contribution in [2.75, 3.05) is 6.54 Å². The average molecular weight is 265 g/mol. The largest absolute Gasteiger partial charge is 0.480 e. The van der Waals surface area contributed by atoms with Crippen LogP contribution in [0.1, 0.15) is 45.4 Å². The summed E-state index contributed by atoms with van der Waals surface area (Å²) >= 11 is 0. The first-order valence-corrected chi connectivity index (χ1v) is 7.12. The van der Waals surface area contributed by atoms with Gasteiger partial charge in [-0.1, -0.05) is 13.3 Å². The summed E-state index contributed by atoms with van der Waals surface area (Å²) in [7, 11) is 0. The molecule has 19 heavy (non-hydrogen) atoms. The van der Waals surface area contributed by atoms with Crippen LogP contribution >= 0.6 is 0 Å². The van der Waals surface area contributed by atoms with Crippen molar-refractivity contribution in [3.05, 3.63) is 18.2 Å². The fourth-order valence-electron chi connectivity index (χ4n) is 3.16. The molecule has 106 valence electrons. The lowest BCUT2D eigenvalue weighted by Gasteiger charge is -2.34. The second-order valence-corrected chi connectivity index (χ2v) is 5.24. The molecule has 1 unspecified atom stereocenters. The number of carboxylic acid groups (broad SMARTS) is 1. The summed E-state index contributed by atoms with van der Waals surface area (Å²) in [5.41, 5.74) is -0.681. The zero-order valence-electron chi connectivity index (χ0n) is 11.8. The van der Waals surface area contributed by atoms with Crippen molar-refractivity contribution < 1.29 is 9.90 Å². The van der Waals surface area contributed by atoms with E-state index in [9.17, 15) is 9.90 Å². The minimum Gasteiger partial charge on any atom is -0.480 e. The van der Waals surface area contributed by atoms with Crippen LogP contribution in [0.4, 0.5) is 0 Å². The van der Waals surface area contributed by atoms with E-state index in [0.717, 1.165) is 44.6 Å². The molecule has 2 heterocycles. The molecule has 0 aliphatic carbocycles. The maximum Gasteiger partial charge on any atom is 0.324 e. The van der Waals surface area contributed by atoms with Crippen molar-refractivity contribution in [3.8, 4) is 0 Å². The number of hydrogen-bond acceptors (Lipinski definition) is 3. The SMILES string of the molecule is CCCC1(C(=O)O)CCCN1Cc1nccn1CC. The number of rotatable bonds is 6. The molecule has 1 N–H and O–H groups in total. The number of aromatic nitrogens is 2. The summed E-state index contributed by atoms with van der Waals surface area (Å²) in [5, 5.41) is 9.65. The third-order valence-electron chi connectivity index (χ3n) is 4.16. The van der Waals surface area contributed by atoms with Crippen LogP contribution in [0.3, 0.4) is 0 Å². The van der Waals surface area contributed by atoms with E-state index in [1.807, 2.05) is 13.1 Å². The Labute approximate surface area is 114 Å². The second kappa shape index (κ2) is 5.74. The van der Waals surface area contributed by atoms with Crippen molar-refractivity contribution in [3.63, 3.8) is 0 Å². The van der Waals surface area contributed by atoms with E-state index in [2.05, 4.69) is 21.4 Å². The molecule has 1 fully saturated rings. The van der Waals surface area contributed by atoms with Gasteiger partial charge in [0.2, 0.25) is 0 Å². The maximum atomic E-state index is 11.7. The van der Waals surface area contributed by atoms with Gasteiger partial charge in [-0.05, 0) is 32.7 Å². The Bertz CT molecular complexity index is 444. The first-order valence-electron chi connectivity index (χ1n) is 7.12. The number of carboxylic acids is 1. The van der Waals surface area contributed by atoms with E-state index in [1.54, 1.807) is 6.20 Å². The molecule has 1 aromatic heterocycles. The normalized spacial score (nSPS) is 23.9. The first-order chi connectivity index (χ1) is 9.14. The maximum absolute atomic E-state index is 11.7. The van der Waals surface area contributed by atoms with Gasteiger partial charge in [-0.2, -0.15) is 0 Å². The highest BCUT2D eigenvalue weighted by atomic mass is 16.4. The third kappa shape index (κ3) is 2.52. The number of likely N-dealkylation sites (tertiary alicyclic amines) is 1. The van der Waals surface area contributed by atoms with Gasteiger partial charge in [0.05, 0.1) is 6.54 Å². The topological polar surface area (TPSA) is 58.4 Å². The van der Waals surface area contributed by atoms with Crippen LogP contribution in [0.25, 0.3) is 0 Å². The molecule has 0 aromatic carbocycles. The Hall–Kier alpha value is -1.36. The minimum atomic E-state index is -0.681. The van der Waals surface area contributed by atoms with Crippen molar-refractivity contribution in [1.29, 1.82) is 0 Å². The van der Waals surface area contributed by atoms with Gasteiger partial charge in [0.25, 0.3) is 0 Å². The standard InChI is InChI=1S/C14H23N3O2/c1-3-6-14(13(18)19)7-5-9-17(14)11-12-15-8-10-16(12)4-2/h8,10H,3-7,9,11H2,1-2H3,(H,18,19). The molecule has 0 spiro atoms. The summed E-state index contributed by atoms with van der Waals surface area (Å²) in [4.78, 5) is 18.2. The molecule has 0 bridgehead atoms. The Morgan fingerprint density at radius 1 is 1.53 bits per heavy atom. The summed E-state index contributed by atoms with van der Waals surface area (Å²) in [5.74, 6) is 0.285. The fraction of sp³-hybridized carbons (Fsp3) is 0.714. The molecule has 5 nitrogen and oxygen atoms in total. The summed E-state index contributed by atoms with van der Waals surface area (Å²) in [6.07, 6.45) is 7.06. The van der Waals surface area contributed by atoms with Crippen molar-refractivity contribution in [1.82, 2.24) is 14.5 Å². The van der Waals surface area contributed by atoms with Crippen molar-refractivity contribution >= 4 is 5.97 Å². The first kappa shape index (κ1) is 14.1. The van der Waals surface area contributed by atoms with Crippen LogP contribution in [-0.4, -0.2) is 37.6 Å². The van der Waals surface area contributed by atoms with Crippen LogP contribution in [0, 0.1) is 0 Å². The molecule has 1 aliphatic heterocycles. The number of aliphatic carboxylic acids is 1. The minimum absolute atomic E-state index is 0.632. The molecule has 1 aromatic rings. The van der Waals surface area contributed by atoms with Gasteiger partial charge in [0, 0.05) is 18.9 Å². The van der Waals surface area contributed by atoms with E-state index >= 15 is 0 Å². The zero-order valence-corrected chi connectivity index (χ0v) is 11.8. The van der Waals surface area contributed by atoms with Crippen molar-refractivity contribution in [2.24, 2.45) is 0 Å². The number of imidazole rings is 1. The highest BCUT2D eigenvalue weighted by Gasteiger charge is 2.46. The lowest BCUT2D eigenvalue weighted by molar-refractivity contribution is -0.150. The van der Waals surface area contributed by atoms with E-state index in [4.69, 9.17) is 0 Å². The van der Waals surface area contributed by atoms with Crippen LogP contribution in [-0.2, 0) is 17.9 Å². The summed E-state index contributed by atoms with van der Waals surface area (Å²) < 4.78 is 2.08. The van der Waals surface area contributed by atoms with E-state index < -0.39 is 11.5 Å². The predicted molar refractivity (Wildman–Crippen MR) is 72.8 cm³/mol. The Balaban J connectivity index is 2.20. The molecule has 0 saturated carbocycles. The molecule has 5 heteroatoms. The Kier molecular flexibility index (Phi) is 4.24. The second-order valence-electron chi connectivity index (χ2n) is 5.24. The highest BCUT2D eigenvalue weighted by Crippen LogP contribution is 2.35. The lowest BCUT2D eigenvalue weighted by atomic mass is 9.90. The molecule has 1 atom stereocenters. The molecular weight excluding hydrogens is 242 g/mol. The Morgan fingerprint density at radius 3 is 2.95 bits per heavy atom. The van der Waals surface area contributed by atoms with Crippen LogP contribution in [0.5, 0.6) is 0 Å². The predicted octanol–water partition coefficient (Wildman–Crippen LogP) is 2.12. The monoisotopic (exact) mass is 265 g/mol. The highest BCUT2D eigenvalue weighted by molar-refractivity contribution is 5.79. The summed E-state index contributed by atoms with van der Waals surface area (Å²) in [6.45, 7) is 6.48. The van der Waals surface area contributed by atoms with Gasteiger partial charge in [0.1, 0.15) is 11.4 Å². The zero-order chi connectivity index (χ0) is 13.9. The number of carbonyl (C=O) groups is 1. The van der Waals surface area contributed by atoms with Gasteiger partial charge in [-0.15, -0.1) is 0 Å². The molecule has 2 rings (SSSR count). The average Bonchev–Trinajstić information content (AvgIpc) is 2.98. The quantitative estimate of drug-likeness (QED) is 0.856. The number of hydrogen-bond donors (Lipinski definition) is 1.